The smallest absolute Gasteiger partial charge is 0.392 e. The van der Waals surface area contributed by atoms with E-state index >= 15 is 0 Å². The van der Waals surface area contributed by atoms with Gasteiger partial charge in [0.1, 0.15) is 0 Å². The van der Waals surface area contributed by atoms with Gasteiger partial charge in [-0.2, -0.15) is 13.2 Å². The Labute approximate surface area is 93.6 Å². The zero-order valence-electron chi connectivity index (χ0n) is 7.94. The normalized spacial score (nSPS) is 11.5. The summed E-state index contributed by atoms with van der Waals surface area (Å²) < 4.78 is 41.1. The molecule has 0 aromatic carbocycles. The lowest BCUT2D eigenvalue weighted by Crippen LogP contribution is -2.13. The molecule has 0 N–H and O–H groups in total. The minimum Gasteiger partial charge on any atom is -0.477 e. The van der Waals surface area contributed by atoms with Crippen LogP contribution in [0.2, 0.25) is 0 Å². The monoisotopic (exact) mass is 283 g/mol. The van der Waals surface area contributed by atoms with Crippen molar-refractivity contribution < 1.29 is 17.9 Å². The van der Waals surface area contributed by atoms with E-state index in [1.807, 2.05) is 0 Å². The van der Waals surface area contributed by atoms with Gasteiger partial charge in [0.25, 0.3) is 0 Å². The van der Waals surface area contributed by atoms with E-state index < -0.39 is 19.2 Å². The van der Waals surface area contributed by atoms with Gasteiger partial charge in [0.2, 0.25) is 5.88 Å². The van der Waals surface area contributed by atoms with Crippen molar-refractivity contribution >= 4 is 15.9 Å². The SMILES string of the molecule is Cc1cc(Br)cnc1OCCC(F)(F)F. The van der Waals surface area contributed by atoms with Gasteiger partial charge in [0.15, 0.2) is 0 Å². The molecule has 0 saturated heterocycles. The van der Waals surface area contributed by atoms with Crippen molar-refractivity contribution in [1.29, 1.82) is 0 Å². The van der Waals surface area contributed by atoms with Crippen LogP contribution < -0.4 is 4.74 Å². The molecule has 6 heteroatoms. The number of halogens is 4. The molecular formula is C9H9BrF3NO. The van der Waals surface area contributed by atoms with E-state index in [2.05, 4.69) is 20.9 Å². The van der Waals surface area contributed by atoms with Gasteiger partial charge >= 0.3 is 6.18 Å². The predicted molar refractivity (Wildman–Crippen MR) is 52.8 cm³/mol. The maximum absolute atomic E-state index is 11.8. The second-order valence-electron chi connectivity index (χ2n) is 2.99. The molecule has 0 bridgehead atoms. The maximum Gasteiger partial charge on any atom is 0.392 e. The number of hydrogen-bond donors (Lipinski definition) is 0. The van der Waals surface area contributed by atoms with E-state index in [0.29, 0.717) is 5.56 Å². The van der Waals surface area contributed by atoms with E-state index in [-0.39, 0.29) is 5.88 Å². The molecule has 2 nitrogen and oxygen atoms in total. The summed E-state index contributed by atoms with van der Waals surface area (Å²) in [5.41, 5.74) is 0.701. The number of pyridine rings is 1. The van der Waals surface area contributed by atoms with Crippen molar-refractivity contribution in [2.75, 3.05) is 6.61 Å². The number of aryl methyl sites for hydroxylation is 1. The Morgan fingerprint density at radius 2 is 2.13 bits per heavy atom. The molecule has 1 heterocycles. The zero-order chi connectivity index (χ0) is 11.5. The molecule has 1 aromatic heterocycles. The van der Waals surface area contributed by atoms with Crippen molar-refractivity contribution in [1.82, 2.24) is 4.98 Å². The van der Waals surface area contributed by atoms with Gasteiger partial charge in [-0.05, 0) is 28.9 Å². The summed E-state index contributed by atoms with van der Waals surface area (Å²) in [5.74, 6) is 0.238. The van der Waals surface area contributed by atoms with Crippen LogP contribution in [0.4, 0.5) is 13.2 Å². The number of ether oxygens (including phenoxy) is 1. The molecule has 0 amide bonds. The second kappa shape index (κ2) is 4.83. The lowest BCUT2D eigenvalue weighted by atomic mass is 10.3. The third kappa shape index (κ3) is 4.51. The van der Waals surface area contributed by atoms with Gasteiger partial charge in [0, 0.05) is 16.2 Å². The van der Waals surface area contributed by atoms with Gasteiger partial charge in [-0.15, -0.1) is 0 Å². The highest BCUT2D eigenvalue weighted by Gasteiger charge is 2.27. The molecule has 0 aliphatic rings. The first-order valence-electron chi connectivity index (χ1n) is 4.20. The summed E-state index contributed by atoms with van der Waals surface area (Å²) in [4.78, 5) is 3.86. The van der Waals surface area contributed by atoms with Crippen LogP contribution in [0.25, 0.3) is 0 Å². The van der Waals surface area contributed by atoms with E-state index in [4.69, 9.17) is 4.74 Å². The summed E-state index contributed by atoms with van der Waals surface area (Å²) in [6.07, 6.45) is -3.68. The minimum absolute atomic E-state index is 0.238. The Hall–Kier alpha value is -0.780. The molecule has 0 fully saturated rings. The molecule has 15 heavy (non-hydrogen) atoms. The van der Waals surface area contributed by atoms with Gasteiger partial charge in [-0.1, -0.05) is 0 Å². The molecule has 0 aliphatic heterocycles. The van der Waals surface area contributed by atoms with Gasteiger partial charge < -0.3 is 4.74 Å². The fraction of sp³-hybridized carbons (Fsp3) is 0.444. The Kier molecular flexibility index (Phi) is 3.96. The third-order valence-electron chi connectivity index (χ3n) is 1.62. The molecule has 1 rings (SSSR count). The molecule has 0 atom stereocenters. The van der Waals surface area contributed by atoms with E-state index in [9.17, 15) is 13.2 Å². The van der Waals surface area contributed by atoms with Gasteiger partial charge in [-0.3, -0.25) is 0 Å². The lowest BCUT2D eigenvalue weighted by molar-refractivity contribution is -0.139. The van der Waals surface area contributed by atoms with Crippen LogP contribution in [0, 0.1) is 6.92 Å². The first kappa shape index (κ1) is 12.3. The topological polar surface area (TPSA) is 22.1 Å². The molecule has 1 aromatic rings. The molecule has 0 spiro atoms. The first-order valence-corrected chi connectivity index (χ1v) is 4.99. The predicted octanol–water partition coefficient (Wildman–Crippen LogP) is 3.48. The Morgan fingerprint density at radius 1 is 1.47 bits per heavy atom. The Bertz CT molecular complexity index is 341. The summed E-state index contributed by atoms with van der Waals surface area (Å²) in [5, 5.41) is 0. The molecule has 0 radical (unpaired) electrons. The summed E-state index contributed by atoms with van der Waals surface area (Å²) in [7, 11) is 0. The van der Waals surface area contributed by atoms with Gasteiger partial charge in [-0.25, -0.2) is 4.98 Å². The van der Waals surface area contributed by atoms with Crippen molar-refractivity contribution in [2.45, 2.75) is 19.5 Å². The van der Waals surface area contributed by atoms with Crippen molar-refractivity contribution in [2.24, 2.45) is 0 Å². The van der Waals surface area contributed by atoms with E-state index in [1.54, 1.807) is 13.0 Å². The molecule has 0 unspecified atom stereocenters. The average molecular weight is 284 g/mol. The summed E-state index contributed by atoms with van der Waals surface area (Å²) in [6, 6.07) is 1.73. The van der Waals surface area contributed by atoms with Crippen molar-refractivity contribution in [3.63, 3.8) is 0 Å². The van der Waals surface area contributed by atoms with E-state index in [0.717, 1.165) is 4.47 Å². The third-order valence-corrected chi connectivity index (χ3v) is 2.05. The summed E-state index contributed by atoms with van der Waals surface area (Å²) >= 11 is 3.20. The number of aromatic nitrogens is 1. The number of hydrogen-bond acceptors (Lipinski definition) is 2. The quantitative estimate of drug-likeness (QED) is 0.847. The lowest BCUT2D eigenvalue weighted by Gasteiger charge is -2.09. The minimum atomic E-state index is -4.19. The van der Waals surface area contributed by atoms with Crippen LogP contribution >= 0.6 is 15.9 Å². The van der Waals surface area contributed by atoms with Crippen LogP contribution in [-0.4, -0.2) is 17.8 Å². The van der Waals surface area contributed by atoms with E-state index in [1.165, 1.54) is 6.20 Å². The van der Waals surface area contributed by atoms with Crippen LogP contribution in [0.15, 0.2) is 16.7 Å². The van der Waals surface area contributed by atoms with Crippen molar-refractivity contribution in [3.8, 4) is 5.88 Å². The average Bonchev–Trinajstić information content (AvgIpc) is 2.07. The highest BCUT2D eigenvalue weighted by molar-refractivity contribution is 9.10. The molecular weight excluding hydrogens is 275 g/mol. The maximum atomic E-state index is 11.8. The van der Waals surface area contributed by atoms with Crippen LogP contribution in [0.3, 0.4) is 0 Å². The van der Waals surface area contributed by atoms with Gasteiger partial charge in [0.05, 0.1) is 13.0 Å². The largest absolute Gasteiger partial charge is 0.477 e. The fourth-order valence-electron chi connectivity index (χ4n) is 0.942. The molecule has 0 aliphatic carbocycles. The standard InChI is InChI=1S/C9H9BrF3NO/c1-6-4-7(10)5-14-8(6)15-3-2-9(11,12)13/h4-5H,2-3H2,1H3. The first-order chi connectivity index (χ1) is 6.88. The summed E-state index contributed by atoms with van der Waals surface area (Å²) in [6.45, 7) is 1.32. The fourth-order valence-corrected chi connectivity index (χ4v) is 1.39. The van der Waals surface area contributed by atoms with Crippen LogP contribution in [0.5, 0.6) is 5.88 Å². The Balaban J connectivity index is 2.51. The highest BCUT2D eigenvalue weighted by atomic mass is 79.9. The second-order valence-corrected chi connectivity index (χ2v) is 3.90. The number of rotatable bonds is 3. The Morgan fingerprint density at radius 3 is 2.67 bits per heavy atom. The number of nitrogens with zero attached hydrogens (tertiary/aromatic N) is 1. The molecule has 0 saturated carbocycles. The van der Waals surface area contributed by atoms with Crippen molar-refractivity contribution in [3.05, 3.63) is 22.3 Å². The van der Waals surface area contributed by atoms with Crippen LogP contribution in [-0.2, 0) is 0 Å². The molecule has 84 valence electrons. The number of alkyl halides is 3. The zero-order valence-corrected chi connectivity index (χ0v) is 9.52. The highest BCUT2D eigenvalue weighted by Crippen LogP contribution is 2.22. The van der Waals surface area contributed by atoms with Crippen LogP contribution in [0.1, 0.15) is 12.0 Å².